The van der Waals surface area contributed by atoms with Crippen molar-refractivity contribution in [3.8, 4) is 5.75 Å². The highest BCUT2D eigenvalue weighted by molar-refractivity contribution is 6.60. The Morgan fingerprint density at radius 1 is 1.11 bits per heavy atom. The van der Waals surface area contributed by atoms with Crippen molar-refractivity contribution in [2.24, 2.45) is 4.99 Å². The van der Waals surface area contributed by atoms with Gasteiger partial charge in [-0.1, -0.05) is 13.0 Å². The molecule has 0 saturated carbocycles. The minimum absolute atomic E-state index is 0.101. The zero-order chi connectivity index (χ0) is 27.5. The average molecular weight is 513 g/mol. The minimum atomic E-state index is -0.902. The van der Waals surface area contributed by atoms with E-state index in [1.54, 1.807) is 42.7 Å². The number of amides is 4. The zero-order valence-corrected chi connectivity index (χ0v) is 20.6. The summed E-state index contributed by atoms with van der Waals surface area (Å²) < 4.78 is 7.06. The third kappa shape index (κ3) is 8.22. The van der Waals surface area contributed by atoms with Crippen LogP contribution in [0.1, 0.15) is 31.4 Å². The van der Waals surface area contributed by atoms with E-state index < -0.39 is 23.2 Å². The molecule has 4 N–H and O–H groups in total. The van der Waals surface area contributed by atoms with Crippen LogP contribution in [-0.2, 0) is 0 Å². The molecule has 4 radical (unpaired) electrons. The molecule has 0 fully saturated rings. The first-order valence-corrected chi connectivity index (χ1v) is 11.7. The number of carbonyl (C=O) groups excluding carboxylic acids is 3. The van der Waals surface area contributed by atoms with E-state index in [-0.39, 0.29) is 30.8 Å². The molecule has 12 nitrogen and oxygen atoms in total. The summed E-state index contributed by atoms with van der Waals surface area (Å²) in [6, 6.07) is 9.54. The molecule has 14 heteroatoms. The van der Waals surface area contributed by atoms with E-state index in [2.05, 4.69) is 31.2 Å². The number of guanidine groups is 1. The normalized spacial score (nSPS) is 11.2. The number of aromatic nitrogens is 2. The van der Waals surface area contributed by atoms with Crippen molar-refractivity contribution in [3.63, 3.8) is 0 Å². The molecule has 38 heavy (non-hydrogen) atoms. The third-order valence-corrected chi connectivity index (χ3v) is 5.20. The second-order valence-corrected chi connectivity index (χ2v) is 7.97. The smallest absolute Gasteiger partial charge is 0.319 e. The molecule has 0 spiro atoms. The number of hydrogen-bond acceptors (Lipinski definition) is 7. The van der Waals surface area contributed by atoms with Gasteiger partial charge >= 0.3 is 6.03 Å². The first-order chi connectivity index (χ1) is 18.3. The number of fused-ring (bicyclic) bond motifs is 1. The van der Waals surface area contributed by atoms with Crippen LogP contribution in [0.2, 0.25) is 0 Å². The topological polar surface area (TPSA) is 155 Å². The van der Waals surface area contributed by atoms with E-state index in [0.29, 0.717) is 24.1 Å². The molecule has 1 unspecified atom stereocenters. The van der Waals surface area contributed by atoms with Crippen LogP contribution in [0, 0.1) is 0 Å². The van der Waals surface area contributed by atoms with Crippen LogP contribution in [0.4, 0.5) is 20.1 Å². The van der Waals surface area contributed by atoms with Crippen molar-refractivity contribution in [1.29, 1.82) is 0 Å². The van der Waals surface area contributed by atoms with Crippen molar-refractivity contribution < 1.29 is 19.1 Å². The second kappa shape index (κ2) is 13.6. The van der Waals surface area contributed by atoms with Crippen molar-refractivity contribution in [2.45, 2.75) is 25.8 Å². The van der Waals surface area contributed by atoms with Crippen LogP contribution in [0.5, 0.6) is 5.75 Å². The van der Waals surface area contributed by atoms with Gasteiger partial charge in [0.1, 0.15) is 11.4 Å². The van der Waals surface area contributed by atoms with Crippen molar-refractivity contribution in [2.75, 3.05) is 18.5 Å². The maximum atomic E-state index is 13.0. The molecule has 192 valence electrons. The summed E-state index contributed by atoms with van der Waals surface area (Å²) in [6.07, 6.45) is 5.91. The molecule has 0 aliphatic carbocycles. The molecule has 0 aliphatic heterocycles. The van der Waals surface area contributed by atoms with Gasteiger partial charge in [0.2, 0.25) is 21.7 Å². The highest BCUT2D eigenvalue weighted by Crippen LogP contribution is 2.16. The Bertz CT molecular complexity index is 1360. The number of anilines is 1. The monoisotopic (exact) mass is 513 g/mol. The molecule has 0 aliphatic rings. The molecular weight excluding hydrogens is 488 g/mol. The highest BCUT2D eigenvalue weighted by atomic mass is 16.5. The van der Waals surface area contributed by atoms with Crippen molar-refractivity contribution in [1.82, 2.24) is 25.3 Å². The third-order valence-electron chi connectivity index (χ3n) is 5.20. The summed E-state index contributed by atoms with van der Waals surface area (Å²) in [7, 11) is 10.0. The number of carbonyl (C=O) groups is 3. The van der Waals surface area contributed by atoms with Gasteiger partial charge in [-0.05, 0) is 42.3 Å². The van der Waals surface area contributed by atoms with Gasteiger partial charge < -0.3 is 26.0 Å². The van der Waals surface area contributed by atoms with Crippen molar-refractivity contribution >= 4 is 50.5 Å². The molecule has 3 aromatic rings. The Kier molecular flexibility index (Phi) is 10.0. The molecular formula is C24H25B2N7O5. The lowest BCUT2D eigenvalue weighted by Gasteiger charge is -2.17. The van der Waals surface area contributed by atoms with Crippen LogP contribution in [-0.4, -0.2) is 61.8 Å². The number of hydrogen-bond donors (Lipinski definition) is 4. The van der Waals surface area contributed by atoms with Gasteiger partial charge in [0.15, 0.2) is 11.6 Å². The van der Waals surface area contributed by atoms with Gasteiger partial charge in [0, 0.05) is 30.9 Å². The van der Waals surface area contributed by atoms with Crippen LogP contribution in [0.15, 0.2) is 64.8 Å². The molecule has 3 heterocycles. The number of ether oxygens (including phenoxy) is 1. The average Bonchev–Trinajstić information content (AvgIpc) is 2.88. The largest absolute Gasteiger partial charge is 0.492 e. The van der Waals surface area contributed by atoms with Gasteiger partial charge in [-0.3, -0.25) is 28.8 Å². The van der Waals surface area contributed by atoms with E-state index in [0.717, 1.165) is 5.56 Å². The summed E-state index contributed by atoms with van der Waals surface area (Å²) in [5, 5.41) is 9.76. The highest BCUT2D eigenvalue weighted by Gasteiger charge is 2.14. The molecule has 0 bridgehead atoms. The molecule has 0 saturated heterocycles. The number of aliphatic imine (C=N–C) groups is 1. The number of pyridine rings is 3. The lowest BCUT2D eigenvalue weighted by molar-refractivity contribution is 0.248. The van der Waals surface area contributed by atoms with Crippen LogP contribution < -0.4 is 31.6 Å². The first-order valence-electron chi connectivity index (χ1n) is 11.7. The Labute approximate surface area is 221 Å². The quantitative estimate of drug-likeness (QED) is 0.148. The Morgan fingerprint density at radius 3 is 2.50 bits per heavy atom. The van der Waals surface area contributed by atoms with Gasteiger partial charge in [0.05, 0.1) is 18.8 Å². The van der Waals surface area contributed by atoms with Gasteiger partial charge in [-0.15, -0.1) is 0 Å². The molecule has 1 atom stereocenters. The molecule has 3 rings (SSSR count). The van der Waals surface area contributed by atoms with Crippen LogP contribution >= 0.6 is 0 Å². The number of urea groups is 1. The number of nitrogens with zero attached hydrogens (tertiary/aromatic N) is 3. The van der Waals surface area contributed by atoms with Crippen LogP contribution in [0.3, 0.4) is 0 Å². The fourth-order valence-corrected chi connectivity index (χ4v) is 3.46. The van der Waals surface area contributed by atoms with Crippen LogP contribution in [0.25, 0.3) is 5.52 Å². The Hall–Kier alpha value is -4.61. The van der Waals surface area contributed by atoms with E-state index >= 15 is 0 Å². The van der Waals surface area contributed by atoms with Gasteiger partial charge in [-0.2, -0.15) is 0 Å². The van der Waals surface area contributed by atoms with E-state index in [1.165, 1.54) is 10.6 Å². The van der Waals surface area contributed by atoms with Gasteiger partial charge in [-0.25, -0.2) is 4.79 Å². The lowest BCUT2D eigenvalue weighted by Crippen LogP contribution is -2.43. The fourth-order valence-electron chi connectivity index (χ4n) is 3.46. The maximum Gasteiger partial charge on any atom is 0.319 e. The molecule has 3 aromatic heterocycles. The maximum absolute atomic E-state index is 13.0. The predicted molar refractivity (Wildman–Crippen MR) is 144 cm³/mol. The summed E-state index contributed by atoms with van der Waals surface area (Å²) in [4.78, 5) is 55.6. The zero-order valence-electron chi connectivity index (χ0n) is 20.6. The molecule has 4 amide bonds. The van der Waals surface area contributed by atoms with Crippen molar-refractivity contribution in [3.05, 3.63) is 70.9 Å². The SMILES string of the molecule is [B]C(=O)NC(=NCCCOc1ccc2ccc(NC(=O)NC(CC)c3cccnc3)c(=O)n2c1)NC([B])=O. The molecule has 0 aromatic carbocycles. The van der Waals surface area contributed by atoms with Gasteiger partial charge in [0.25, 0.3) is 5.56 Å². The standard InChI is InChI=1S/C24H25B2N7O5/c1-2-18(15-5-3-10-27-13-15)29-24(37)30-19-9-7-16-6-8-17(14-33(16)20(19)34)38-12-4-11-28-23(31-21(25)35)32-22(26)36/h3,5-10,13-14,18H,2,4,11-12H2,1H3,(H2,29,30,37)(H2,28,31,32,35,36). The fraction of sp³-hybridized carbons (Fsp3) is 0.250. The number of nitrogens with one attached hydrogen (secondary N) is 4. The van der Waals surface area contributed by atoms with E-state index in [1.807, 2.05) is 13.0 Å². The summed E-state index contributed by atoms with van der Waals surface area (Å²) in [5.74, 6) is -1.56. The summed E-state index contributed by atoms with van der Waals surface area (Å²) in [5.41, 5.74) is 1.14. The predicted octanol–water partition coefficient (Wildman–Crippen LogP) is 1.85. The Balaban J connectivity index is 1.62. The van der Waals surface area contributed by atoms with E-state index in [4.69, 9.17) is 20.4 Å². The number of rotatable bonds is 9. The summed E-state index contributed by atoms with van der Waals surface area (Å²) in [6.45, 7) is 2.34. The lowest BCUT2D eigenvalue weighted by atomic mass is 10.1. The summed E-state index contributed by atoms with van der Waals surface area (Å²) >= 11 is 0. The Morgan fingerprint density at radius 2 is 1.84 bits per heavy atom. The van der Waals surface area contributed by atoms with E-state index in [9.17, 15) is 19.2 Å². The minimum Gasteiger partial charge on any atom is -0.492 e. The second-order valence-electron chi connectivity index (χ2n) is 7.97. The first kappa shape index (κ1) is 28.0.